The summed E-state index contributed by atoms with van der Waals surface area (Å²) in [4.78, 5) is 4.35. The molecule has 0 radical (unpaired) electrons. The van der Waals surface area contributed by atoms with Crippen molar-refractivity contribution in [2.75, 3.05) is 45.9 Å². The number of anilines is 1. The van der Waals surface area contributed by atoms with E-state index in [1.807, 2.05) is 6.92 Å². The molecule has 0 amide bonds. The number of hydrogen-bond acceptors (Lipinski definition) is 7. The van der Waals surface area contributed by atoms with Gasteiger partial charge in [-0.15, -0.1) is 10.2 Å². The van der Waals surface area contributed by atoms with Crippen molar-refractivity contribution in [3.05, 3.63) is 34.1 Å². The van der Waals surface area contributed by atoms with E-state index in [0.29, 0.717) is 66.6 Å². The van der Waals surface area contributed by atoms with Gasteiger partial charge < -0.3 is 19.9 Å². The highest BCUT2D eigenvalue weighted by atomic mass is 35.5. The fourth-order valence-electron chi connectivity index (χ4n) is 2.36. The van der Waals surface area contributed by atoms with Crippen LogP contribution in [0.2, 0.25) is 10.0 Å². The quantitative estimate of drug-likeness (QED) is 0.563. The fourth-order valence-corrected chi connectivity index (χ4v) is 2.75. The van der Waals surface area contributed by atoms with E-state index in [0.717, 1.165) is 0 Å². The summed E-state index contributed by atoms with van der Waals surface area (Å²) in [5.41, 5.74) is 7.08. The largest absolute Gasteiger partial charge is 0.382 e. The van der Waals surface area contributed by atoms with Crippen molar-refractivity contribution < 1.29 is 14.2 Å². The number of nitrogens with two attached hydrogens (primary N) is 1. The second-order valence-electron chi connectivity index (χ2n) is 6.05. The summed E-state index contributed by atoms with van der Waals surface area (Å²) in [7, 11) is 1.64. The topological polar surface area (TPSA) is 92.4 Å². The molecule has 1 unspecified atom stereocenters. The predicted molar refractivity (Wildman–Crippen MR) is 106 cm³/mol. The smallest absolute Gasteiger partial charge is 0.154 e. The lowest BCUT2D eigenvalue weighted by Crippen LogP contribution is -2.15. The molecule has 0 bridgehead atoms. The molecule has 0 aliphatic heterocycles. The minimum absolute atomic E-state index is 0.214. The number of aromatic nitrogens is 3. The molecule has 0 aliphatic carbocycles. The second kappa shape index (κ2) is 11.4. The number of nitrogens with zero attached hydrogens (tertiary/aromatic N) is 3. The molecule has 9 heteroatoms. The van der Waals surface area contributed by atoms with Crippen LogP contribution in [0.4, 0.5) is 5.82 Å². The Morgan fingerprint density at radius 2 is 1.81 bits per heavy atom. The third-order valence-electron chi connectivity index (χ3n) is 3.70. The summed E-state index contributed by atoms with van der Waals surface area (Å²) >= 11 is 12.3. The Labute approximate surface area is 169 Å². The lowest BCUT2D eigenvalue weighted by Gasteiger charge is -2.12. The first-order chi connectivity index (χ1) is 13.0. The maximum atomic E-state index is 6.22. The third-order valence-corrected chi connectivity index (χ3v) is 4.52. The van der Waals surface area contributed by atoms with Crippen molar-refractivity contribution in [2.45, 2.75) is 13.3 Å². The van der Waals surface area contributed by atoms with Gasteiger partial charge in [-0.05, 0) is 12.0 Å². The van der Waals surface area contributed by atoms with Gasteiger partial charge in [0, 0.05) is 25.7 Å². The van der Waals surface area contributed by atoms with E-state index < -0.39 is 0 Å². The van der Waals surface area contributed by atoms with Gasteiger partial charge in [0.15, 0.2) is 11.6 Å². The molecular weight excluding hydrogens is 391 g/mol. The first-order valence-corrected chi connectivity index (χ1v) is 9.36. The summed E-state index contributed by atoms with van der Waals surface area (Å²) in [5, 5.41) is 9.16. The lowest BCUT2D eigenvalue weighted by molar-refractivity contribution is 0.0169. The minimum Gasteiger partial charge on any atom is -0.382 e. The number of rotatable bonds is 11. The molecule has 1 aromatic heterocycles. The molecule has 2 rings (SSSR count). The molecule has 0 saturated heterocycles. The van der Waals surface area contributed by atoms with E-state index in [2.05, 4.69) is 15.2 Å². The van der Waals surface area contributed by atoms with E-state index >= 15 is 0 Å². The van der Waals surface area contributed by atoms with Crippen molar-refractivity contribution in [3.8, 4) is 11.3 Å². The fraction of sp³-hybridized carbons (Fsp3) is 0.500. The van der Waals surface area contributed by atoms with Gasteiger partial charge in [-0.1, -0.05) is 42.3 Å². The van der Waals surface area contributed by atoms with Crippen LogP contribution in [0.25, 0.3) is 11.3 Å². The Balaban J connectivity index is 1.85. The van der Waals surface area contributed by atoms with Crippen LogP contribution in [-0.4, -0.2) is 55.3 Å². The Morgan fingerprint density at radius 3 is 2.56 bits per heavy atom. The monoisotopic (exact) mass is 414 g/mol. The van der Waals surface area contributed by atoms with Gasteiger partial charge in [0.1, 0.15) is 5.69 Å². The zero-order valence-electron chi connectivity index (χ0n) is 15.5. The number of halogens is 2. The first kappa shape index (κ1) is 21.8. The molecule has 2 N–H and O–H groups in total. The molecule has 1 heterocycles. The van der Waals surface area contributed by atoms with Gasteiger partial charge in [-0.2, -0.15) is 0 Å². The zero-order chi connectivity index (χ0) is 19.6. The average molecular weight is 415 g/mol. The molecule has 0 fully saturated rings. The van der Waals surface area contributed by atoms with Crippen LogP contribution in [0, 0.1) is 5.92 Å². The second-order valence-corrected chi connectivity index (χ2v) is 6.84. The van der Waals surface area contributed by atoms with Crippen LogP contribution in [0.5, 0.6) is 0 Å². The van der Waals surface area contributed by atoms with Crippen LogP contribution in [0.1, 0.15) is 12.7 Å². The van der Waals surface area contributed by atoms with Gasteiger partial charge in [-0.3, -0.25) is 0 Å². The van der Waals surface area contributed by atoms with Gasteiger partial charge in [-0.25, -0.2) is 4.98 Å². The van der Waals surface area contributed by atoms with E-state index in [-0.39, 0.29) is 11.7 Å². The Bertz CT molecular complexity index is 734. The number of benzene rings is 1. The number of ether oxygens (including phenoxy) is 3. The molecule has 0 aliphatic rings. The summed E-state index contributed by atoms with van der Waals surface area (Å²) in [6.07, 6.45) is 0.602. The van der Waals surface area contributed by atoms with Gasteiger partial charge in [0.05, 0.1) is 36.5 Å². The van der Waals surface area contributed by atoms with E-state index in [1.54, 1.807) is 25.3 Å². The Morgan fingerprint density at radius 1 is 1.07 bits per heavy atom. The molecular formula is C18H24Cl2N4O3. The van der Waals surface area contributed by atoms with E-state index in [4.69, 9.17) is 43.1 Å². The van der Waals surface area contributed by atoms with E-state index in [1.165, 1.54) is 0 Å². The molecule has 7 nitrogen and oxygen atoms in total. The maximum Gasteiger partial charge on any atom is 0.154 e. The average Bonchev–Trinajstić information content (AvgIpc) is 2.64. The normalized spacial score (nSPS) is 12.3. The molecule has 0 saturated carbocycles. The van der Waals surface area contributed by atoms with Crippen molar-refractivity contribution in [3.63, 3.8) is 0 Å². The van der Waals surface area contributed by atoms with Gasteiger partial charge >= 0.3 is 0 Å². The summed E-state index contributed by atoms with van der Waals surface area (Å²) < 4.78 is 15.8. The summed E-state index contributed by atoms with van der Waals surface area (Å²) in [5.74, 6) is 1.04. The third kappa shape index (κ3) is 6.86. The molecule has 148 valence electrons. The van der Waals surface area contributed by atoms with Crippen molar-refractivity contribution >= 4 is 29.0 Å². The number of hydrogen-bond donors (Lipinski definition) is 1. The Kier molecular flexibility index (Phi) is 9.17. The standard InChI is InChI=1S/C18H24Cl2N4O3/c1-12(11-27-9-8-26-7-6-25-2)10-15-22-18(21)17(24-23-15)13-4-3-5-14(19)16(13)20/h3-5,12H,6-11H2,1-2H3,(H2,21,22,23). The molecule has 1 aromatic carbocycles. The molecule has 0 spiro atoms. The molecule has 27 heavy (non-hydrogen) atoms. The minimum atomic E-state index is 0.214. The SMILES string of the molecule is COCCOCCOCC(C)Cc1nnc(-c2cccc(Cl)c2Cl)c(N)n1. The predicted octanol–water partition coefficient (Wildman–Crippen LogP) is 3.29. The van der Waals surface area contributed by atoms with Gasteiger partial charge in [0.2, 0.25) is 0 Å². The summed E-state index contributed by atoms with van der Waals surface area (Å²) in [6, 6.07) is 5.25. The zero-order valence-corrected chi connectivity index (χ0v) is 17.0. The first-order valence-electron chi connectivity index (χ1n) is 8.60. The summed E-state index contributed by atoms with van der Waals surface area (Å²) in [6.45, 7) is 4.83. The van der Waals surface area contributed by atoms with Gasteiger partial charge in [0.25, 0.3) is 0 Å². The van der Waals surface area contributed by atoms with Crippen molar-refractivity contribution in [1.82, 2.24) is 15.2 Å². The van der Waals surface area contributed by atoms with Crippen LogP contribution in [0.3, 0.4) is 0 Å². The molecule has 1 atom stereocenters. The highest BCUT2D eigenvalue weighted by molar-refractivity contribution is 6.43. The van der Waals surface area contributed by atoms with E-state index in [9.17, 15) is 0 Å². The van der Waals surface area contributed by atoms with Crippen LogP contribution >= 0.6 is 23.2 Å². The van der Waals surface area contributed by atoms with Crippen LogP contribution in [-0.2, 0) is 20.6 Å². The molecule has 2 aromatic rings. The highest BCUT2D eigenvalue weighted by Gasteiger charge is 2.15. The Hall–Kier alpha value is -1.51. The maximum absolute atomic E-state index is 6.22. The van der Waals surface area contributed by atoms with Crippen LogP contribution < -0.4 is 5.73 Å². The highest BCUT2D eigenvalue weighted by Crippen LogP contribution is 2.34. The van der Waals surface area contributed by atoms with Crippen molar-refractivity contribution in [1.29, 1.82) is 0 Å². The lowest BCUT2D eigenvalue weighted by atomic mass is 10.1. The van der Waals surface area contributed by atoms with Crippen molar-refractivity contribution in [2.24, 2.45) is 5.92 Å². The number of methoxy groups -OCH3 is 1. The van der Waals surface area contributed by atoms with Crippen LogP contribution in [0.15, 0.2) is 18.2 Å². The number of nitrogen functional groups attached to an aromatic ring is 1.